The van der Waals surface area contributed by atoms with Crippen LogP contribution in [0, 0.1) is 11.8 Å². The molecule has 0 radical (unpaired) electrons. The summed E-state index contributed by atoms with van der Waals surface area (Å²) in [6.45, 7) is 7.61. The third-order valence-corrected chi connectivity index (χ3v) is 5.66. The van der Waals surface area contributed by atoms with Crippen molar-refractivity contribution < 1.29 is 28.7 Å². The summed E-state index contributed by atoms with van der Waals surface area (Å²) < 4.78 is 5.03. The Morgan fingerprint density at radius 2 is 1.97 bits per heavy atom. The molecule has 4 N–H and O–H groups in total. The third kappa shape index (κ3) is 10.2. The second-order valence-corrected chi connectivity index (χ2v) is 9.67. The first-order valence-corrected chi connectivity index (χ1v) is 12.6. The fraction of sp³-hybridized carbons (Fsp3) is 0.600. The molecule has 0 bridgehead atoms. The largest absolute Gasteiger partial charge is 0.454 e. The molecule has 0 saturated carbocycles. The second-order valence-electron chi connectivity index (χ2n) is 9.67. The molecule has 37 heavy (non-hydrogen) atoms. The minimum atomic E-state index is -0.897. The van der Waals surface area contributed by atoms with Gasteiger partial charge in [-0.15, -0.1) is 0 Å². The summed E-state index contributed by atoms with van der Waals surface area (Å²) >= 11 is 0. The minimum Gasteiger partial charge on any atom is -0.454 e. The molecule has 2 heterocycles. The van der Waals surface area contributed by atoms with Crippen LogP contribution < -0.4 is 16.1 Å². The van der Waals surface area contributed by atoms with Crippen molar-refractivity contribution in [3.8, 4) is 0 Å². The molecule has 1 aliphatic rings. The van der Waals surface area contributed by atoms with Gasteiger partial charge in [0.05, 0.1) is 24.3 Å². The zero-order valence-corrected chi connectivity index (χ0v) is 21.9. The number of Topliss-reactive ketones (excluding diaryl/α,β-unsaturated/α-hetero) is 1. The number of hydrogen-bond acceptors (Lipinski definition) is 8. The van der Waals surface area contributed by atoms with Gasteiger partial charge in [0.25, 0.3) is 0 Å². The van der Waals surface area contributed by atoms with E-state index in [0.29, 0.717) is 31.5 Å². The molecule has 0 aliphatic carbocycles. The van der Waals surface area contributed by atoms with Crippen LogP contribution in [0.5, 0.6) is 0 Å². The molecule has 1 saturated heterocycles. The van der Waals surface area contributed by atoms with E-state index < -0.39 is 36.4 Å². The highest BCUT2D eigenvalue weighted by molar-refractivity contribution is 5.95. The molecule has 1 aromatic heterocycles. The Kier molecular flexibility index (Phi) is 11.9. The van der Waals surface area contributed by atoms with Gasteiger partial charge in [0.1, 0.15) is 6.04 Å². The Hall–Kier alpha value is -3.54. The van der Waals surface area contributed by atoms with Gasteiger partial charge in [0.15, 0.2) is 12.4 Å². The average Bonchev–Trinajstić information content (AvgIpc) is 3.37. The van der Waals surface area contributed by atoms with E-state index in [1.54, 1.807) is 13.8 Å². The number of ether oxygens (including phenoxy) is 1. The summed E-state index contributed by atoms with van der Waals surface area (Å²) in [5, 5.41) is 6.74. The molecule has 3 amide bonds. The number of hydrogen-bond donors (Lipinski definition) is 4. The number of esters is 1. The Labute approximate surface area is 216 Å². The highest BCUT2D eigenvalue weighted by Gasteiger charge is 2.35. The van der Waals surface area contributed by atoms with Crippen molar-refractivity contribution in [3.63, 3.8) is 0 Å². The summed E-state index contributed by atoms with van der Waals surface area (Å²) in [6, 6.07) is -1.70. The van der Waals surface area contributed by atoms with Crippen LogP contribution in [-0.2, 0) is 28.7 Å². The number of hydrazine groups is 1. The summed E-state index contributed by atoms with van der Waals surface area (Å²) in [5.74, 6) is -2.14. The van der Waals surface area contributed by atoms with Gasteiger partial charge in [-0.3, -0.25) is 24.2 Å². The maximum atomic E-state index is 13.1. The number of amides is 3. The summed E-state index contributed by atoms with van der Waals surface area (Å²) in [4.78, 5) is 69.1. The molecule has 204 valence electrons. The molecular weight excluding hydrogens is 480 g/mol. The van der Waals surface area contributed by atoms with Crippen molar-refractivity contribution in [2.24, 2.45) is 11.8 Å². The molecule has 1 aliphatic heterocycles. The van der Waals surface area contributed by atoms with E-state index in [4.69, 9.17) is 4.74 Å². The van der Waals surface area contributed by atoms with E-state index in [1.807, 2.05) is 13.8 Å². The molecule has 2 atom stereocenters. The summed E-state index contributed by atoms with van der Waals surface area (Å²) in [5.41, 5.74) is 3.56. The smallest absolute Gasteiger partial charge is 0.331 e. The summed E-state index contributed by atoms with van der Waals surface area (Å²) in [7, 11) is 0. The van der Waals surface area contributed by atoms with Gasteiger partial charge in [0, 0.05) is 32.0 Å². The number of imidazole rings is 1. The van der Waals surface area contributed by atoms with Crippen molar-refractivity contribution in [2.45, 2.75) is 65.5 Å². The zero-order chi connectivity index (χ0) is 27.4. The number of H-pyrrole nitrogens is 1. The van der Waals surface area contributed by atoms with Crippen LogP contribution in [0.25, 0.3) is 6.08 Å². The van der Waals surface area contributed by atoms with E-state index in [0.717, 1.165) is 0 Å². The zero-order valence-electron chi connectivity index (χ0n) is 21.9. The molecule has 2 unspecified atom stereocenters. The molecule has 1 fully saturated rings. The van der Waals surface area contributed by atoms with E-state index in [1.165, 1.54) is 29.7 Å². The number of carbonyl (C=O) groups excluding carboxylic acids is 5. The molecule has 0 aromatic carbocycles. The SMILES string of the molecule is CC(C)CC(=O)NCCC(=O)N1NCCCC1C(=O)NC(C(=O)COC(=O)/C=C/c1cnc[nH]1)C(C)C. The van der Waals surface area contributed by atoms with Crippen LogP contribution in [0.3, 0.4) is 0 Å². The first-order chi connectivity index (χ1) is 17.6. The van der Waals surface area contributed by atoms with Crippen molar-refractivity contribution in [1.29, 1.82) is 0 Å². The topological polar surface area (TPSA) is 163 Å². The van der Waals surface area contributed by atoms with Crippen molar-refractivity contribution in [1.82, 2.24) is 31.0 Å². The fourth-order valence-electron chi connectivity index (χ4n) is 3.78. The van der Waals surface area contributed by atoms with E-state index >= 15 is 0 Å². The normalized spacial score (nSPS) is 16.6. The summed E-state index contributed by atoms with van der Waals surface area (Å²) in [6.07, 6.45) is 7.15. The quantitative estimate of drug-likeness (QED) is 0.219. The van der Waals surface area contributed by atoms with Gasteiger partial charge in [-0.05, 0) is 30.8 Å². The lowest BCUT2D eigenvalue weighted by molar-refractivity contribution is -0.148. The molecule has 1 aromatic rings. The number of nitrogens with one attached hydrogen (secondary N) is 4. The number of rotatable bonds is 13. The third-order valence-electron chi connectivity index (χ3n) is 5.66. The lowest BCUT2D eigenvalue weighted by atomic mass is 9.98. The second kappa shape index (κ2) is 14.9. The van der Waals surface area contributed by atoms with Crippen molar-refractivity contribution >= 4 is 35.6 Å². The number of nitrogens with zero attached hydrogens (tertiary/aromatic N) is 2. The van der Waals surface area contributed by atoms with Gasteiger partial charge in [0.2, 0.25) is 17.7 Å². The van der Waals surface area contributed by atoms with Crippen LogP contribution in [0.4, 0.5) is 0 Å². The lowest BCUT2D eigenvalue weighted by Crippen LogP contribution is -2.61. The van der Waals surface area contributed by atoms with Crippen molar-refractivity contribution in [3.05, 3.63) is 24.3 Å². The Morgan fingerprint density at radius 1 is 1.22 bits per heavy atom. The van der Waals surface area contributed by atoms with Crippen LogP contribution in [0.1, 0.15) is 59.1 Å². The van der Waals surface area contributed by atoms with Crippen molar-refractivity contribution in [2.75, 3.05) is 19.7 Å². The van der Waals surface area contributed by atoms with Gasteiger partial charge < -0.3 is 20.4 Å². The maximum absolute atomic E-state index is 13.1. The van der Waals surface area contributed by atoms with E-state index in [9.17, 15) is 24.0 Å². The van der Waals surface area contributed by atoms with Crippen LogP contribution >= 0.6 is 0 Å². The highest BCUT2D eigenvalue weighted by atomic mass is 16.5. The molecular formula is C25H38N6O6. The fourth-order valence-corrected chi connectivity index (χ4v) is 3.78. The predicted molar refractivity (Wildman–Crippen MR) is 135 cm³/mol. The van der Waals surface area contributed by atoms with Crippen LogP contribution in [0.2, 0.25) is 0 Å². The number of aromatic nitrogens is 2. The Balaban J connectivity index is 1.90. The highest BCUT2D eigenvalue weighted by Crippen LogP contribution is 2.14. The molecule has 12 heteroatoms. The molecule has 2 rings (SSSR count). The van der Waals surface area contributed by atoms with Gasteiger partial charge in [-0.1, -0.05) is 27.7 Å². The van der Waals surface area contributed by atoms with Crippen LogP contribution in [-0.4, -0.2) is 76.2 Å². The van der Waals surface area contributed by atoms with E-state index in [2.05, 4.69) is 26.0 Å². The van der Waals surface area contributed by atoms with E-state index in [-0.39, 0.29) is 36.6 Å². The van der Waals surface area contributed by atoms with Gasteiger partial charge in [-0.25, -0.2) is 15.2 Å². The Bertz CT molecular complexity index is 959. The lowest BCUT2D eigenvalue weighted by Gasteiger charge is -2.36. The van der Waals surface area contributed by atoms with Gasteiger partial charge >= 0.3 is 5.97 Å². The molecule has 12 nitrogen and oxygen atoms in total. The average molecular weight is 519 g/mol. The first kappa shape index (κ1) is 29.7. The number of ketones is 1. The van der Waals surface area contributed by atoms with Gasteiger partial charge in [-0.2, -0.15) is 0 Å². The maximum Gasteiger partial charge on any atom is 0.331 e. The predicted octanol–water partition coefficient (Wildman–Crippen LogP) is 0.724. The number of aromatic amines is 1. The monoisotopic (exact) mass is 518 g/mol. The first-order valence-electron chi connectivity index (χ1n) is 12.6. The van der Waals surface area contributed by atoms with Crippen LogP contribution in [0.15, 0.2) is 18.6 Å². The number of carbonyl (C=O) groups is 5. The molecule has 0 spiro atoms. The Morgan fingerprint density at radius 3 is 2.62 bits per heavy atom. The minimum absolute atomic E-state index is 0.0369. The standard InChI is InChI=1S/C25H38N6O6/c1-16(2)12-21(33)27-11-9-22(34)31-19(6-5-10-29-31)25(36)30-24(17(3)4)20(32)14-37-23(35)8-7-18-13-26-15-28-18/h7-8,13,15-17,19,24,29H,5-6,9-12,14H2,1-4H3,(H,26,28)(H,27,33)(H,30,36)/b8-7+.